The molecule has 4 rings (SSSR count). The molecular formula is C21H23N5O3. The van der Waals surface area contributed by atoms with Gasteiger partial charge in [-0.2, -0.15) is 0 Å². The summed E-state index contributed by atoms with van der Waals surface area (Å²) in [7, 11) is 0. The number of aromatic nitrogens is 3. The summed E-state index contributed by atoms with van der Waals surface area (Å²) in [5, 5.41) is 10.6. The molecule has 29 heavy (non-hydrogen) atoms. The predicted molar refractivity (Wildman–Crippen MR) is 106 cm³/mol. The number of carbonyl (C=O) groups is 2. The molecule has 0 aliphatic heterocycles. The minimum atomic E-state index is -0.498. The number of hydrogen-bond donors (Lipinski definition) is 2. The van der Waals surface area contributed by atoms with Gasteiger partial charge in [0.1, 0.15) is 5.76 Å². The molecule has 8 nitrogen and oxygen atoms in total. The molecule has 0 unspecified atom stereocenters. The van der Waals surface area contributed by atoms with Crippen LogP contribution in [0.4, 0.5) is 0 Å². The van der Waals surface area contributed by atoms with Crippen LogP contribution in [0.3, 0.4) is 0 Å². The third-order valence-corrected chi connectivity index (χ3v) is 5.42. The average molecular weight is 393 g/mol. The number of hydrogen-bond acceptors (Lipinski definition) is 6. The van der Waals surface area contributed by atoms with E-state index in [0.29, 0.717) is 23.3 Å². The molecule has 0 atom stereocenters. The van der Waals surface area contributed by atoms with Crippen LogP contribution in [0.5, 0.6) is 0 Å². The van der Waals surface area contributed by atoms with Crippen molar-refractivity contribution < 1.29 is 14.1 Å². The molecule has 3 aromatic rings. The molecule has 0 saturated heterocycles. The Kier molecular flexibility index (Phi) is 5.24. The van der Waals surface area contributed by atoms with Gasteiger partial charge in [0.15, 0.2) is 5.69 Å². The molecule has 1 aliphatic carbocycles. The topological polar surface area (TPSA) is 110 Å². The number of fused-ring (bicyclic) bond motifs is 1. The number of amides is 2. The van der Waals surface area contributed by atoms with Crippen molar-refractivity contribution in [1.29, 1.82) is 0 Å². The van der Waals surface area contributed by atoms with Crippen LogP contribution in [0.1, 0.15) is 58.7 Å². The number of nitrogens with one attached hydrogen (secondary N) is 2. The molecular weight excluding hydrogens is 370 g/mol. The molecule has 1 saturated carbocycles. The molecule has 8 heteroatoms. The van der Waals surface area contributed by atoms with Crippen LogP contribution in [0.15, 0.2) is 41.3 Å². The fraction of sp³-hybridized carbons (Fsp3) is 0.381. The SMILES string of the molecule is Cc1cc(C(=O)NCC2(NC(=O)c3ccnc4ccncc34)CCCCC2)no1. The Labute approximate surface area is 168 Å². The van der Waals surface area contributed by atoms with Gasteiger partial charge < -0.3 is 15.2 Å². The lowest BCUT2D eigenvalue weighted by Crippen LogP contribution is -2.56. The summed E-state index contributed by atoms with van der Waals surface area (Å²) >= 11 is 0. The largest absolute Gasteiger partial charge is 0.361 e. The summed E-state index contributed by atoms with van der Waals surface area (Å²) in [4.78, 5) is 34.0. The molecule has 0 bridgehead atoms. The first-order valence-electron chi connectivity index (χ1n) is 9.79. The van der Waals surface area contributed by atoms with E-state index in [1.807, 2.05) is 0 Å². The molecule has 1 fully saturated rings. The first-order valence-corrected chi connectivity index (χ1v) is 9.79. The molecule has 0 aromatic carbocycles. The summed E-state index contributed by atoms with van der Waals surface area (Å²) in [5.41, 5.74) is 0.999. The number of rotatable bonds is 5. The Hall–Kier alpha value is -3.29. The smallest absolute Gasteiger partial charge is 0.273 e. The average Bonchev–Trinajstić information content (AvgIpc) is 3.19. The minimum Gasteiger partial charge on any atom is -0.361 e. The fourth-order valence-electron chi connectivity index (χ4n) is 3.88. The monoisotopic (exact) mass is 393 g/mol. The normalized spacial score (nSPS) is 15.8. The second kappa shape index (κ2) is 7.98. The van der Waals surface area contributed by atoms with Gasteiger partial charge >= 0.3 is 0 Å². The molecule has 1 aliphatic rings. The fourth-order valence-corrected chi connectivity index (χ4v) is 3.88. The van der Waals surface area contributed by atoms with Crippen LogP contribution >= 0.6 is 0 Å². The van der Waals surface area contributed by atoms with Crippen molar-refractivity contribution in [1.82, 2.24) is 25.8 Å². The van der Waals surface area contributed by atoms with Gasteiger partial charge in [-0.3, -0.25) is 19.6 Å². The first kappa shape index (κ1) is 19.0. The van der Waals surface area contributed by atoms with Crippen LogP contribution in [0.25, 0.3) is 10.9 Å². The standard InChI is InChI=1S/C21H23N5O3/c1-14-11-18(26-29-14)20(28)24-13-21(7-3-2-4-8-21)25-19(27)15-5-10-23-17-6-9-22-12-16(15)17/h5-6,9-12H,2-4,7-8,13H2,1H3,(H,24,28)(H,25,27). The van der Waals surface area contributed by atoms with Gasteiger partial charge in [0.25, 0.3) is 11.8 Å². The first-order chi connectivity index (χ1) is 14.1. The third-order valence-electron chi connectivity index (χ3n) is 5.42. The summed E-state index contributed by atoms with van der Waals surface area (Å²) in [6, 6.07) is 5.08. The molecule has 3 heterocycles. The van der Waals surface area contributed by atoms with Crippen molar-refractivity contribution in [2.75, 3.05) is 6.54 Å². The Bertz CT molecular complexity index is 1030. The quantitative estimate of drug-likeness (QED) is 0.690. The van der Waals surface area contributed by atoms with Crippen molar-refractivity contribution in [2.24, 2.45) is 0 Å². The van der Waals surface area contributed by atoms with E-state index in [2.05, 4.69) is 25.8 Å². The van der Waals surface area contributed by atoms with E-state index in [4.69, 9.17) is 4.52 Å². The molecule has 2 N–H and O–H groups in total. The Morgan fingerprint density at radius 3 is 2.72 bits per heavy atom. The number of aryl methyl sites for hydroxylation is 1. The van der Waals surface area contributed by atoms with Gasteiger partial charge in [0.2, 0.25) is 0 Å². The van der Waals surface area contributed by atoms with Gasteiger partial charge in [-0.1, -0.05) is 24.4 Å². The maximum atomic E-state index is 13.1. The van der Waals surface area contributed by atoms with Gasteiger partial charge in [0.05, 0.1) is 16.6 Å². The maximum Gasteiger partial charge on any atom is 0.273 e. The molecule has 150 valence electrons. The van der Waals surface area contributed by atoms with E-state index in [0.717, 1.165) is 37.6 Å². The van der Waals surface area contributed by atoms with Crippen LogP contribution in [0, 0.1) is 6.92 Å². The lowest BCUT2D eigenvalue weighted by atomic mass is 9.81. The van der Waals surface area contributed by atoms with Gasteiger partial charge in [0, 0.05) is 36.6 Å². The highest BCUT2D eigenvalue weighted by molar-refractivity contribution is 6.06. The maximum absolute atomic E-state index is 13.1. The van der Waals surface area contributed by atoms with E-state index in [9.17, 15) is 9.59 Å². The molecule has 2 amide bonds. The van der Waals surface area contributed by atoms with Crippen molar-refractivity contribution in [3.63, 3.8) is 0 Å². The van der Waals surface area contributed by atoms with E-state index < -0.39 is 5.54 Å². The number of nitrogens with zero attached hydrogens (tertiary/aromatic N) is 3. The van der Waals surface area contributed by atoms with Gasteiger partial charge in [-0.15, -0.1) is 0 Å². The molecule has 3 aromatic heterocycles. The summed E-state index contributed by atoms with van der Waals surface area (Å²) in [6.45, 7) is 2.07. The summed E-state index contributed by atoms with van der Waals surface area (Å²) in [6.07, 6.45) is 9.65. The van der Waals surface area contributed by atoms with E-state index >= 15 is 0 Å². The lowest BCUT2D eigenvalue weighted by molar-refractivity contribution is 0.0831. The second-order valence-electron chi connectivity index (χ2n) is 7.55. The lowest BCUT2D eigenvalue weighted by Gasteiger charge is -2.38. The van der Waals surface area contributed by atoms with E-state index in [1.54, 1.807) is 43.7 Å². The zero-order valence-corrected chi connectivity index (χ0v) is 16.3. The Morgan fingerprint density at radius 2 is 1.97 bits per heavy atom. The zero-order chi connectivity index (χ0) is 20.3. The van der Waals surface area contributed by atoms with Crippen molar-refractivity contribution in [2.45, 2.75) is 44.6 Å². The summed E-state index contributed by atoms with van der Waals surface area (Å²) < 4.78 is 4.97. The minimum absolute atomic E-state index is 0.182. The number of pyridine rings is 2. The van der Waals surface area contributed by atoms with Crippen LogP contribution in [-0.4, -0.2) is 39.0 Å². The van der Waals surface area contributed by atoms with Gasteiger partial charge in [-0.05, 0) is 31.9 Å². The zero-order valence-electron chi connectivity index (χ0n) is 16.3. The van der Waals surface area contributed by atoms with E-state index in [1.165, 1.54) is 0 Å². The number of carbonyl (C=O) groups excluding carboxylic acids is 2. The molecule has 0 radical (unpaired) electrons. The third kappa shape index (κ3) is 4.11. The predicted octanol–water partition coefficient (Wildman–Crippen LogP) is 2.79. The van der Waals surface area contributed by atoms with Crippen molar-refractivity contribution in [3.05, 3.63) is 53.8 Å². The highest BCUT2D eigenvalue weighted by atomic mass is 16.5. The highest BCUT2D eigenvalue weighted by Crippen LogP contribution is 2.29. The van der Waals surface area contributed by atoms with Crippen LogP contribution in [0.2, 0.25) is 0 Å². The van der Waals surface area contributed by atoms with Gasteiger partial charge in [-0.25, -0.2) is 0 Å². The van der Waals surface area contributed by atoms with E-state index in [-0.39, 0.29) is 17.5 Å². The summed E-state index contributed by atoms with van der Waals surface area (Å²) in [5.74, 6) is 0.0902. The van der Waals surface area contributed by atoms with Crippen LogP contribution < -0.4 is 10.6 Å². The molecule has 0 spiro atoms. The highest BCUT2D eigenvalue weighted by Gasteiger charge is 2.35. The van der Waals surface area contributed by atoms with Crippen molar-refractivity contribution >= 4 is 22.7 Å². The Balaban J connectivity index is 1.53. The Morgan fingerprint density at radius 1 is 1.14 bits per heavy atom. The second-order valence-corrected chi connectivity index (χ2v) is 7.55. The van der Waals surface area contributed by atoms with Crippen LogP contribution in [-0.2, 0) is 0 Å². The van der Waals surface area contributed by atoms with Crippen molar-refractivity contribution in [3.8, 4) is 0 Å².